The molecule has 0 saturated heterocycles. The Labute approximate surface area is 234 Å². The first-order chi connectivity index (χ1) is 18.4. The Morgan fingerprint density at radius 1 is 0.842 bits per heavy atom. The second-order valence-corrected chi connectivity index (χ2v) is 15.5. The second-order valence-electron chi connectivity index (χ2n) is 9.51. The molecule has 0 bridgehead atoms. The molecular weight excluding hydrogens is 512 g/mol. The third kappa shape index (κ3) is 11.3. The standard InChI is InChI=1S/C30H52O6Si2/c1-9-11-12-18-23-29(27(3)38(33-6,34-7)35-8)24-19-16-14-13-15-17-21-28-22-20-25-30(26-28)36-37(10-2,31-4)32-5/h10,12,18-20,22,24-27,29H,2,9,11,13-17,21,23H2,1,3-8H3/b18-12+,24-19+. The fourth-order valence-corrected chi connectivity index (χ4v) is 8.17. The normalized spacial score (nSPS) is 14.3. The Morgan fingerprint density at radius 3 is 2.13 bits per heavy atom. The number of rotatable bonds is 22. The summed E-state index contributed by atoms with van der Waals surface area (Å²) in [5.41, 5.74) is 3.08. The van der Waals surface area contributed by atoms with E-state index in [9.17, 15) is 0 Å². The smallest absolute Gasteiger partial charge is 0.498 e. The molecule has 1 aromatic rings. The van der Waals surface area contributed by atoms with Crippen LogP contribution in [0.5, 0.6) is 5.75 Å². The third-order valence-corrected chi connectivity index (χ3v) is 12.4. The van der Waals surface area contributed by atoms with Gasteiger partial charge in [-0.1, -0.05) is 76.1 Å². The van der Waals surface area contributed by atoms with Crippen molar-refractivity contribution >= 4 is 17.6 Å². The van der Waals surface area contributed by atoms with Gasteiger partial charge in [0.05, 0.1) is 0 Å². The molecule has 1 aromatic carbocycles. The van der Waals surface area contributed by atoms with Crippen LogP contribution >= 0.6 is 0 Å². The highest BCUT2D eigenvalue weighted by Gasteiger charge is 2.47. The largest absolute Gasteiger partial charge is 0.594 e. The average Bonchev–Trinajstić information content (AvgIpc) is 2.95. The Hall–Kier alpha value is -1.53. The second kappa shape index (κ2) is 19.5. The molecule has 2 unspecified atom stereocenters. The van der Waals surface area contributed by atoms with Crippen molar-refractivity contribution in [1.29, 1.82) is 0 Å². The van der Waals surface area contributed by atoms with E-state index in [2.05, 4.69) is 56.9 Å². The summed E-state index contributed by atoms with van der Waals surface area (Å²) in [6.07, 6.45) is 19.3. The van der Waals surface area contributed by atoms with Crippen LogP contribution in [0, 0.1) is 5.92 Å². The van der Waals surface area contributed by atoms with Crippen molar-refractivity contribution in [2.24, 2.45) is 5.92 Å². The zero-order valence-corrected chi connectivity index (χ0v) is 26.9. The molecular formula is C30H52O6Si2. The van der Waals surface area contributed by atoms with Crippen LogP contribution in [0.3, 0.4) is 0 Å². The highest BCUT2D eigenvalue weighted by atomic mass is 28.4. The topological polar surface area (TPSA) is 55.4 Å². The van der Waals surface area contributed by atoms with Crippen molar-refractivity contribution in [1.82, 2.24) is 0 Å². The summed E-state index contributed by atoms with van der Waals surface area (Å²) in [5.74, 6) is 1.09. The lowest BCUT2D eigenvalue weighted by Gasteiger charge is -2.33. The molecule has 0 aliphatic rings. The van der Waals surface area contributed by atoms with Crippen LogP contribution < -0.4 is 4.43 Å². The van der Waals surface area contributed by atoms with Gasteiger partial charge in [0.15, 0.2) is 0 Å². The third-order valence-electron chi connectivity index (χ3n) is 7.03. The van der Waals surface area contributed by atoms with Crippen molar-refractivity contribution in [3.05, 3.63) is 66.4 Å². The maximum Gasteiger partial charge on any atom is 0.594 e. The maximum atomic E-state index is 6.02. The average molecular weight is 565 g/mol. The van der Waals surface area contributed by atoms with E-state index in [4.69, 9.17) is 26.6 Å². The molecule has 1 rings (SSSR count). The Morgan fingerprint density at radius 2 is 1.53 bits per heavy atom. The Kier molecular flexibility index (Phi) is 17.7. The molecule has 0 amide bonds. The molecule has 0 aromatic heterocycles. The number of allylic oxidation sites excluding steroid dienone is 4. The summed E-state index contributed by atoms with van der Waals surface area (Å²) in [7, 11) is 2.72. The maximum absolute atomic E-state index is 6.02. The SMILES string of the molecule is C=C[Si](OC)(OC)Oc1cccc(CCCCCC/C=C/C(C/C=C/CCC)C(C)[Si](OC)(OC)OC)c1. The molecule has 0 fully saturated rings. The van der Waals surface area contributed by atoms with E-state index in [0.29, 0.717) is 5.92 Å². The number of aryl methyl sites for hydroxylation is 1. The first-order valence-electron chi connectivity index (χ1n) is 13.9. The quantitative estimate of drug-likeness (QED) is 0.0817. The van der Waals surface area contributed by atoms with Crippen molar-refractivity contribution in [3.8, 4) is 5.75 Å². The van der Waals surface area contributed by atoms with Gasteiger partial charge in [0, 0.05) is 41.1 Å². The molecule has 0 radical (unpaired) electrons. The first kappa shape index (κ1) is 34.5. The lowest BCUT2D eigenvalue weighted by Crippen LogP contribution is -2.48. The molecule has 38 heavy (non-hydrogen) atoms. The molecule has 0 saturated carbocycles. The van der Waals surface area contributed by atoms with E-state index in [1.54, 1.807) is 41.2 Å². The van der Waals surface area contributed by atoms with Crippen molar-refractivity contribution in [2.75, 3.05) is 35.5 Å². The van der Waals surface area contributed by atoms with Gasteiger partial charge in [0.1, 0.15) is 5.75 Å². The van der Waals surface area contributed by atoms with Crippen LogP contribution in [0.25, 0.3) is 0 Å². The van der Waals surface area contributed by atoms with Crippen LogP contribution in [-0.2, 0) is 28.6 Å². The minimum Gasteiger partial charge on any atom is -0.498 e. The van der Waals surface area contributed by atoms with Crippen LogP contribution in [0.15, 0.2) is 60.8 Å². The molecule has 2 atom stereocenters. The minimum atomic E-state index is -2.85. The van der Waals surface area contributed by atoms with Crippen molar-refractivity contribution < 1.29 is 26.6 Å². The van der Waals surface area contributed by atoms with E-state index < -0.39 is 17.6 Å². The predicted molar refractivity (Wildman–Crippen MR) is 161 cm³/mol. The van der Waals surface area contributed by atoms with Crippen molar-refractivity contribution in [3.63, 3.8) is 0 Å². The van der Waals surface area contributed by atoms with Crippen LogP contribution in [0.2, 0.25) is 5.54 Å². The Bertz CT molecular complexity index is 812. The van der Waals surface area contributed by atoms with Crippen LogP contribution in [-0.4, -0.2) is 53.2 Å². The van der Waals surface area contributed by atoms with Gasteiger partial charge in [-0.25, -0.2) is 0 Å². The lowest BCUT2D eigenvalue weighted by molar-refractivity contribution is 0.107. The van der Waals surface area contributed by atoms with Crippen LogP contribution in [0.1, 0.15) is 70.8 Å². The number of unbranched alkanes of at least 4 members (excludes halogenated alkanes) is 5. The molecule has 0 aliphatic heterocycles. The van der Waals surface area contributed by atoms with Gasteiger partial charge in [0.25, 0.3) is 0 Å². The van der Waals surface area contributed by atoms with Crippen LogP contribution in [0.4, 0.5) is 0 Å². The minimum absolute atomic E-state index is 0.178. The summed E-state index contributed by atoms with van der Waals surface area (Å²) in [6.45, 7) is 8.20. The predicted octanol–water partition coefficient (Wildman–Crippen LogP) is 7.70. The fourth-order valence-electron chi connectivity index (χ4n) is 4.58. The Balaban J connectivity index is 2.54. The monoisotopic (exact) mass is 564 g/mol. The van der Waals surface area contributed by atoms with E-state index in [1.165, 1.54) is 24.8 Å². The van der Waals surface area contributed by atoms with E-state index in [-0.39, 0.29) is 5.54 Å². The first-order valence-corrected chi connectivity index (χ1v) is 17.5. The van der Waals surface area contributed by atoms with Gasteiger partial charge < -0.3 is 26.6 Å². The van der Waals surface area contributed by atoms with Gasteiger partial charge in [-0.3, -0.25) is 0 Å². The number of hydrogen-bond acceptors (Lipinski definition) is 6. The summed E-state index contributed by atoms with van der Waals surface area (Å²) >= 11 is 0. The molecule has 0 spiro atoms. The molecule has 216 valence electrons. The zero-order chi connectivity index (χ0) is 28.3. The fraction of sp³-hybridized carbons (Fsp3) is 0.600. The van der Waals surface area contributed by atoms with E-state index in [0.717, 1.165) is 44.3 Å². The van der Waals surface area contributed by atoms with Gasteiger partial charge in [-0.2, -0.15) is 0 Å². The zero-order valence-electron chi connectivity index (χ0n) is 24.9. The summed E-state index contributed by atoms with van der Waals surface area (Å²) in [4.78, 5) is 0. The van der Waals surface area contributed by atoms with E-state index >= 15 is 0 Å². The van der Waals surface area contributed by atoms with Crippen molar-refractivity contribution in [2.45, 2.75) is 77.2 Å². The molecule has 6 nitrogen and oxygen atoms in total. The summed E-state index contributed by atoms with van der Waals surface area (Å²) in [6, 6.07) is 8.18. The summed E-state index contributed by atoms with van der Waals surface area (Å²) in [5, 5.41) is 0. The van der Waals surface area contributed by atoms with Gasteiger partial charge in [0.2, 0.25) is 0 Å². The molecule has 0 N–H and O–H groups in total. The highest BCUT2D eigenvalue weighted by molar-refractivity contribution is 6.66. The summed E-state index contributed by atoms with van der Waals surface area (Å²) < 4.78 is 34.3. The lowest BCUT2D eigenvalue weighted by atomic mass is 9.99. The van der Waals surface area contributed by atoms with E-state index in [1.807, 2.05) is 12.1 Å². The highest BCUT2D eigenvalue weighted by Crippen LogP contribution is 2.34. The molecule has 8 heteroatoms. The number of hydrogen-bond donors (Lipinski definition) is 0. The molecule has 0 heterocycles. The van der Waals surface area contributed by atoms with Gasteiger partial charge >= 0.3 is 17.6 Å². The number of benzene rings is 1. The van der Waals surface area contributed by atoms with Gasteiger partial charge in [-0.15, -0.1) is 0 Å². The molecule has 0 aliphatic carbocycles. The van der Waals surface area contributed by atoms with Gasteiger partial charge in [-0.05, 0) is 67.8 Å².